The van der Waals surface area contributed by atoms with Gasteiger partial charge in [-0.1, -0.05) is 29.8 Å². The summed E-state index contributed by atoms with van der Waals surface area (Å²) < 4.78 is 10.6. The molecule has 2 aliphatic rings. The summed E-state index contributed by atoms with van der Waals surface area (Å²) in [4.78, 5) is 14.5. The van der Waals surface area contributed by atoms with Crippen LogP contribution >= 0.6 is 0 Å². The van der Waals surface area contributed by atoms with E-state index in [1.54, 1.807) is 7.11 Å². The van der Waals surface area contributed by atoms with Gasteiger partial charge in [0.15, 0.2) is 0 Å². The number of aryl methyl sites for hydroxylation is 1. The summed E-state index contributed by atoms with van der Waals surface area (Å²) in [6.45, 7) is 6.84. The smallest absolute Gasteiger partial charge is 0.246 e. The van der Waals surface area contributed by atoms with Gasteiger partial charge in [-0.15, -0.1) is 0 Å². The Morgan fingerprint density at radius 1 is 1.36 bits per heavy atom. The van der Waals surface area contributed by atoms with E-state index in [4.69, 9.17) is 9.47 Å². The Morgan fingerprint density at radius 3 is 2.88 bits per heavy atom. The van der Waals surface area contributed by atoms with Crippen molar-refractivity contribution in [2.24, 2.45) is 5.41 Å². The number of carbonyl (C=O) groups is 1. The summed E-state index contributed by atoms with van der Waals surface area (Å²) in [7, 11) is 1.55. The fourth-order valence-corrected chi connectivity index (χ4v) is 4.21. The van der Waals surface area contributed by atoms with Crippen LogP contribution in [0.4, 0.5) is 0 Å². The Hall–Kier alpha value is -1.43. The van der Waals surface area contributed by atoms with Gasteiger partial charge in [0.2, 0.25) is 5.91 Å². The van der Waals surface area contributed by atoms with E-state index in [0.717, 1.165) is 45.5 Å². The van der Waals surface area contributed by atoms with Crippen molar-refractivity contribution in [3.63, 3.8) is 0 Å². The maximum absolute atomic E-state index is 12.0. The van der Waals surface area contributed by atoms with Crippen molar-refractivity contribution >= 4 is 5.91 Å². The molecule has 2 fully saturated rings. The summed E-state index contributed by atoms with van der Waals surface area (Å²) in [5, 5.41) is 3.14. The van der Waals surface area contributed by atoms with E-state index in [-0.39, 0.29) is 24.0 Å². The molecule has 3 rings (SSSR count). The predicted octanol–water partition coefficient (Wildman–Crippen LogP) is 2.13. The Labute approximate surface area is 150 Å². The van der Waals surface area contributed by atoms with Crippen molar-refractivity contribution in [3.8, 4) is 0 Å². The number of nitrogens with one attached hydrogen (secondary N) is 1. The maximum atomic E-state index is 12.0. The van der Waals surface area contributed by atoms with Gasteiger partial charge in [-0.2, -0.15) is 0 Å². The number of benzene rings is 1. The molecule has 1 spiro atoms. The Kier molecular flexibility index (Phi) is 6.10. The van der Waals surface area contributed by atoms with Crippen LogP contribution in [-0.2, 0) is 20.8 Å². The lowest BCUT2D eigenvalue weighted by molar-refractivity contribution is -0.130. The van der Waals surface area contributed by atoms with Crippen LogP contribution in [0.1, 0.15) is 30.4 Å². The predicted molar refractivity (Wildman–Crippen MR) is 97.4 cm³/mol. The molecule has 5 heteroatoms. The van der Waals surface area contributed by atoms with Crippen molar-refractivity contribution in [2.45, 2.75) is 38.8 Å². The van der Waals surface area contributed by atoms with Crippen LogP contribution in [0.2, 0.25) is 0 Å². The van der Waals surface area contributed by atoms with Gasteiger partial charge in [0.1, 0.15) is 6.61 Å². The highest BCUT2D eigenvalue weighted by Crippen LogP contribution is 2.41. The fraction of sp³-hybridized carbons (Fsp3) is 0.650. The summed E-state index contributed by atoms with van der Waals surface area (Å²) in [6.07, 6.45) is 3.25. The van der Waals surface area contributed by atoms with Crippen LogP contribution in [0.5, 0.6) is 0 Å². The molecule has 25 heavy (non-hydrogen) atoms. The van der Waals surface area contributed by atoms with Crippen LogP contribution < -0.4 is 5.32 Å². The van der Waals surface area contributed by atoms with Crippen LogP contribution in [0.25, 0.3) is 0 Å². The number of carbonyl (C=O) groups excluding carboxylic acids is 1. The number of hydrogen-bond acceptors (Lipinski definition) is 4. The zero-order valence-corrected chi connectivity index (χ0v) is 15.4. The van der Waals surface area contributed by atoms with Gasteiger partial charge >= 0.3 is 0 Å². The molecular formula is C20H30N2O3. The lowest BCUT2D eigenvalue weighted by Crippen LogP contribution is -2.57. The van der Waals surface area contributed by atoms with Crippen molar-refractivity contribution < 1.29 is 14.3 Å². The third-order valence-corrected chi connectivity index (χ3v) is 5.72. The Balaban J connectivity index is 1.59. The second-order valence-corrected chi connectivity index (χ2v) is 7.51. The molecule has 1 aromatic rings. The normalized spacial score (nSPS) is 23.5. The minimum absolute atomic E-state index is 0.0421. The van der Waals surface area contributed by atoms with Crippen LogP contribution in [0, 0.1) is 12.3 Å². The highest BCUT2D eigenvalue weighted by atomic mass is 16.5. The molecule has 0 saturated carbocycles. The van der Waals surface area contributed by atoms with E-state index in [2.05, 4.69) is 41.4 Å². The van der Waals surface area contributed by atoms with Gasteiger partial charge in [-0.05, 0) is 50.3 Å². The number of likely N-dealkylation sites (tertiary alicyclic amines) is 1. The summed E-state index contributed by atoms with van der Waals surface area (Å²) in [6, 6.07) is 8.86. The van der Waals surface area contributed by atoms with E-state index in [1.165, 1.54) is 11.1 Å². The van der Waals surface area contributed by atoms with Gasteiger partial charge in [0, 0.05) is 20.3 Å². The highest BCUT2D eigenvalue weighted by Gasteiger charge is 2.44. The SMILES string of the molecule is COCC(=O)NC1COCCC12CCN(Cc1cccc(C)c1)CC2. The van der Waals surface area contributed by atoms with Crippen molar-refractivity contribution in [1.29, 1.82) is 0 Å². The molecule has 1 unspecified atom stereocenters. The number of amides is 1. The molecule has 2 heterocycles. The number of nitrogens with zero attached hydrogens (tertiary/aromatic N) is 1. The van der Waals surface area contributed by atoms with Gasteiger partial charge in [0.05, 0.1) is 12.6 Å². The average molecular weight is 346 g/mol. The summed E-state index contributed by atoms with van der Waals surface area (Å²) in [5.41, 5.74) is 2.87. The fourth-order valence-electron chi connectivity index (χ4n) is 4.21. The number of methoxy groups -OCH3 is 1. The Bertz CT molecular complexity index is 582. The minimum atomic E-state index is -0.0421. The molecule has 5 nitrogen and oxygen atoms in total. The zero-order chi connectivity index (χ0) is 17.7. The first-order chi connectivity index (χ1) is 12.1. The van der Waals surface area contributed by atoms with E-state index in [1.807, 2.05) is 0 Å². The zero-order valence-electron chi connectivity index (χ0n) is 15.4. The third-order valence-electron chi connectivity index (χ3n) is 5.72. The molecule has 1 N–H and O–H groups in total. The van der Waals surface area contributed by atoms with Gasteiger partial charge < -0.3 is 14.8 Å². The maximum Gasteiger partial charge on any atom is 0.246 e. The van der Waals surface area contributed by atoms with E-state index in [0.29, 0.717) is 6.61 Å². The molecule has 1 aromatic carbocycles. The van der Waals surface area contributed by atoms with E-state index < -0.39 is 0 Å². The molecule has 2 saturated heterocycles. The van der Waals surface area contributed by atoms with Crippen molar-refractivity contribution in [3.05, 3.63) is 35.4 Å². The highest BCUT2D eigenvalue weighted by molar-refractivity contribution is 5.77. The average Bonchev–Trinajstić information content (AvgIpc) is 2.59. The monoisotopic (exact) mass is 346 g/mol. The molecule has 1 amide bonds. The van der Waals surface area contributed by atoms with Crippen molar-refractivity contribution in [1.82, 2.24) is 10.2 Å². The second kappa shape index (κ2) is 8.30. The van der Waals surface area contributed by atoms with Crippen LogP contribution in [0.3, 0.4) is 0 Å². The molecule has 0 bridgehead atoms. The molecule has 0 aromatic heterocycles. The molecule has 2 aliphatic heterocycles. The number of ether oxygens (including phenoxy) is 2. The lowest BCUT2D eigenvalue weighted by Gasteiger charge is -2.49. The summed E-state index contributed by atoms with van der Waals surface area (Å²) in [5.74, 6) is -0.0421. The standard InChI is InChI=1S/C20H30N2O3/c1-16-4-3-5-17(12-16)13-22-9-6-20(7-10-22)8-11-25-14-18(20)21-19(23)15-24-2/h3-5,12,18H,6-11,13-15H2,1-2H3,(H,21,23). The molecular weight excluding hydrogens is 316 g/mol. The van der Waals surface area contributed by atoms with Gasteiger partial charge in [-0.25, -0.2) is 0 Å². The summed E-state index contributed by atoms with van der Waals surface area (Å²) >= 11 is 0. The number of piperidine rings is 1. The molecule has 0 radical (unpaired) electrons. The topological polar surface area (TPSA) is 50.8 Å². The minimum Gasteiger partial charge on any atom is -0.379 e. The van der Waals surface area contributed by atoms with E-state index >= 15 is 0 Å². The Morgan fingerprint density at radius 2 is 2.16 bits per heavy atom. The first-order valence-electron chi connectivity index (χ1n) is 9.25. The quantitative estimate of drug-likeness (QED) is 0.887. The first kappa shape index (κ1) is 18.4. The second-order valence-electron chi connectivity index (χ2n) is 7.51. The molecule has 138 valence electrons. The van der Waals surface area contributed by atoms with Crippen LogP contribution in [0.15, 0.2) is 24.3 Å². The molecule has 1 atom stereocenters. The largest absolute Gasteiger partial charge is 0.379 e. The van der Waals surface area contributed by atoms with Gasteiger partial charge in [-0.3, -0.25) is 9.69 Å². The van der Waals surface area contributed by atoms with E-state index in [9.17, 15) is 4.79 Å². The lowest BCUT2D eigenvalue weighted by atomic mass is 9.69. The molecule has 0 aliphatic carbocycles. The third kappa shape index (κ3) is 4.60. The number of hydrogen-bond donors (Lipinski definition) is 1. The van der Waals surface area contributed by atoms with Crippen molar-refractivity contribution in [2.75, 3.05) is 40.0 Å². The van der Waals surface area contributed by atoms with Gasteiger partial charge in [0.25, 0.3) is 0 Å². The number of rotatable bonds is 5. The van der Waals surface area contributed by atoms with Crippen LogP contribution in [-0.4, -0.2) is 56.9 Å². The first-order valence-corrected chi connectivity index (χ1v) is 9.25.